The SMILES string of the molecule is CCc1ccc([C@H]2[C@H](S(=O)(=O)CC)[C@@]2(C=O)NC(=O)OC(C)(C)C)cc1. The van der Waals surface area contributed by atoms with Gasteiger partial charge in [0.2, 0.25) is 0 Å². The Morgan fingerprint density at radius 3 is 2.23 bits per heavy atom. The topological polar surface area (TPSA) is 89.5 Å². The molecular weight excluding hydrogens is 354 g/mol. The van der Waals surface area contributed by atoms with E-state index in [9.17, 15) is 18.0 Å². The summed E-state index contributed by atoms with van der Waals surface area (Å²) < 4.78 is 30.3. The van der Waals surface area contributed by atoms with Gasteiger partial charge in [-0.2, -0.15) is 0 Å². The third-order valence-electron chi connectivity index (χ3n) is 4.63. The molecule has 144 valence electrons. The van der Waals surface area contributed by atoms with E-state index in [1.807, 2.05) is 31.2 Å². The lowest BCUT2D eigenvalue weighted by atomic mass is 10.0. The molecule has 1 aromatic rings. The fourth-order valence-electron chi connectivity index (χ4n) is 3.27. The monoisotopic (exact) mass is 381 g/mol. The zero-order valence-corrected chi connectivity index (χ0v) is 16.7. The molecule has 1 N–H and O–H groups in total. The third kappa shape index (κ3) is 3.92. The number of hydrogen-bond acceptors (Lipinski definition) is 5. The second-order valence-electron chi connectivity index (χ2n) is 7.62. The average molecular weight is 381 g/mol. The normalized spacial score (nSPS) is 25.4. The van der Waals surface area contributed by atoms with Crippen molar-refractivity contribution in [2.24, 2.45) is 0 Å². The first-order valence-corrected chi connectivity index (χ1v) is 10.5. The number of alkyl carbamates (subject to hydrolysis) is 1. The minimum atomic E-state index is -3.55. The van der Waals surface area contributed by atoms with Crippen LogP contribution in [0.5, 0.6) is 0 Å². The molecule has 1 saturated carbocycles. The van der Waals surface area contributed by atoms with Gasteiger partial charge >= 0.3 is 6.09 Å². The van der Waals surface area contributed by atoms with Crippen LogP contribution in [-0.2, 0) is 25.8 Å². The summed E-state index contributed by atoms with van der Waals surface area (Å²) in [5, 5.41) is 1.54. The number of rotatable bonds is 6. The van der Waals surface area contributed by atoms with Gasteiger partial charge in [-0.15, -0.1) is 0 Å². The van der Waals surface area contributed by atoms with Crippen LogP contribution in [-0.4, -0.2) is 42.9 Å². The number of sulfone groups is 1. The molecule has 1 amide bonds. The molecule has 1 aliphatic carbocycles. The molecule has 0 spiro atoms. The van der Waals surface area contributed by atoms with Gasteiger partial charge in [0.15, 0.2) is 9.84 Å². The van der Waals surface area contributed by atoms with Crippen molar-refractivity contribution < 1.29 is 22.7 Å². The van der Waals surface area contributed by atoms with Gasteiger partial charge in [0.25, 0.3) is 0 Å². The van der Waals surface area contributed by atoms with Crippen LogP contribution in [0.25, 0.3) is 0 Å². The first-order valence-electron chi connectivity index (χ1n) is 8.78. The Hall–Kier alpha value is -1.89. The van der Waals surface area contributed by atoms with Gasteiger partial charge in [0, 0.05) is 11.7 Å². The van der Waals surface area contributed by atoms with Crippen molar-refractivity contribution in [3.8, 4) is 0 Å². The Labute approximate surface area is 155 Å². The molecule has 26 heavy (non-hydrogen) atoms. The summed E-state index contributed by atoms with van der Waals surface area (Å²) in [6.45, 7) is 8.67. The summed E-state index contributed by atoms with van der Waals surface area (Å²) >= 11 is 0. The smallest absolute Gasteiger partial charge is 0.408 e. The van der Waals surface area contributed by atoms with Crippen molar-refractivity contribution in [3.63, 3.8) is 0 Å². The fourth-order valence-corrected chi connectivity index (χ4v) is 5.20. The van der Waals surface area contributed by atoms with Gasteiger partial charge < -0.3 is 14.8 Å². The largest absolute Gasteiger partial charge is 0.444 e. The summed E-state index contributed by atoms with van der Waals surface area (Å²) in [7, 11) is -3.55. The van der Waals surface area contributed by atoms with Crippen LogP contribution in [0.2, 0.25) is 0 Å². The Balaban J connectivity index is 2.39. The Bertz CT molecular complexity index is 779. The van der Waals surface area contributed by atoms with E-state index >= 15 is 0 Å². The Morgan fingerprint density at radius 1 is 1.23 bits per heavy atom. The van der Waals surface area contributed by atoms with E-state index < -0.39 is 38.2 Å². The van der Waals surface area contributed by atoms with Crippen molar-refractivity contribution in [2.45, 2.75) is 63.3 Å². The van der Waals surface area contributed by atoms with Crippen LogP contribution in [0.15, 0.2) is 24.3 Å². The Kier molecular flexibility index (Phi) is 5.52. The quantitative estimate of drug-likeness (QED) is 0.765. The first-order chi connectivity index (χ1) is 12.0. The first kappa shape index (κ1) is 20.4. The van der Waals surface area contributed by atoms with Crippen molar-refractivity contribution >= 4 is 22.2 Å². The lowest BCUT2D eigenvalue weighted by Gasteiger charge is -2.22. The molecule has 2 rings (SSSR count). The molecule has 1 aromatic carbocycles. The van der Waals surface area contributed by atoms with E-state index in [0.717, 1.165) is 12.0 Å². The van der Waals surface area contributed by atoms with E-state index in [-0.39, 0.29) is 5.75 Å². The highest BCUT2D eigenvalue weighted by Gasteiger charge is 2.72. The number of nitrogens with one attached hydrogen (secondary N) is 1. The zero-order chi connectivity index (χ0) is 19.8. The van der Waals surface area contributed by atoms with Gasteiger partial charge in [0.1, 0.15) is 22.7 Å². The predicted molar refractivity (Wildman–Crippen MR) is 100.0 cm³/mol. The van der Waals surface area contributed by atoms with Gasteiger partial charge in [-0.05, 0) is 38.3 Å². The molecule has 7 heteroatoms. The number of carbonyl (C=O) groups is 2. The van der Waals surface area contributed by atoms with Crippen LogP contribution in [0.3, 0.4) is 0 Å². The second kappa shape index (κ2) is 7.02. The maximum atomic E-state index is 12.6. The highest BCUT2D eigenvalue weighted by molar-refractivity contribution is 7.92. The summed E-state index contributed by atoms with van der Waals surface area (Å²) in [6.07, 6.45) is 0.595. The average Bonchev–Trinajstić information content (AvgIpc) is 3.22. The highest BCUT2D eigenvalue weighted by Crippen LogP contribution is 2.55. The van der Waals surface area contributed by atoms with E-state index in [2.05, 4.69) is 5.32 Å². The van der Waals surface area contributed by atoms with Gasteiger partial charge in [-0.25, -0.2) is 13.2 Å². The molecule has 0 heterocycles. The van der Waals surface area contributed by atoms with Crippen LogP contribution in [0.1, 0.15) is 51.7 Å². The molecule has 3 atom stereocenters. The van der Waals surface area contributed by atoms with Gasteiger partial charge in [0.05, 0.1) is 0 Å². The number of aldehydes is 1. The number of amides is 1. The second-order valence-corrected chi connectivity index (χ2v) is 10.0. The third-order valence-corrected chi connectivity index (χ3v) is 6.87. The summed E-state index contributed by atoms with van der Waals surface area (Å²) in [5.74, 6) is -0.726. The number of aryl methyl sites for hydroxylation is 1. The minimum Gasteiger partial charge on any atom is -0.444 e. The Morgan fingerprint density at radius 2 is 1.81 bits per heavy atom. The lowest BCUT2D eigenvalue weighted by Crippen LogP contribution is -2.45. The maximum absolute atomic E-state index is 12.6. The van der Waals surface area contributed by atoms with Crippen molar-refractivity contribution in [2.75, 3.05) is 5.75 Å². The molecule has 6 nitrogen and oxygen atoms in total. The molecular formula is C19H27NO5S. The molecule has 0 bridgehead atoms. The van der Waals surface area contributed by atoms with E-state index in [4.69, 9.17) is 4.74 Å². The number of carbonyl (C=O) groups excluding carboxylic acids is 2. The molecule has 1 aliphatic rings. The molecule has 0 aromatic heterocycles. The highest BCUT2D eigenvalue weighted by atomic mass is 32.2. The van der Waals surface area contributed by atoms with Crippen molar-refractivity contribution in [3.05, 3.63) is 35.4 Å². The minimum absolute atomic E-state index is 0.104. The van der Waals surface area contributed by atoms with E-state index in [1.165, 1.54) is 6.92 Å². The number of hydrogen-bond donors (Lipinski definition) is 1. The maximum Gasteiger partial charge on any atom is 0.408 e. The van der Waals surface area contributed by atoms with Crippen LogP contribution in [0, 0.1) is 0 Å². The van der Waals surface area contributed by atoms with Crippen LogP contribution >= 0.6 is 0 Å². The zero-order valence-electron chi connectivity index (χ0n) is 15.9. The molecule has 0 unspecified atom stereocenters. The molecule has 0 aliphatic heterocycles. The van der Waals surface area contributed by atoms with Gasteiger partial charge in [-0.3, -0.25) is 0 Å². The van der Waals surface area contributed by atoms with Gasteiger partial charge in [-0.1, -0.05) is 38.1 Å². The molecule has 1 fully saturated rings. The summed E-state index contributed by atoms with van der Waals surface area (Å²) in [6, 6.07) is 7.46. The van der Waals surface area contributed by atoms with Crippen LogP contribution in [0.4, 0.5) is 4.79 Å². The molecule has 0 saturated heterocycles. The van der Waals surface area contributed by atoms with Crippen LogP contribution < -0.4 is 5.32 Å². The van der Waals surface area contributed by atoms with E-state index in [1.54, 1.807) is 20.8 Å². The summed E-state index contributed by atoms with van der Waals surface area (Å²) in [5.41, 5.74) is -0.417. The fraction of sp³-hybridized carbons (Fsp3) is 0.579. The predicted octanol–water partition coefficient (Wildman–Crippen LogP) is 2.61. The number of ether oxygens (including phenoxy) is 1. The van der Waals surface area contributed by atoms with Crippen molar-refractivity contribution in [1.82, 2.24) is 5.32 Å². The standard InChI is InChI=1S/C19H27NO5S/c1-6-13-8-10-14(11-9-13)15-16(26(23,24)7-2)19(15,12-21)20-17(22)25-18(3,4)5/h8-12,15-16H,6-7H2,1-5H3,(H,20,22)/t15-,16-,19-/m0/s1. The summed E-state index contributed by atoms with van der Waals surface area (Å²) in [4.78, 5) is 24.2. The van der Waals surface area contributed by atoms with E-state index in [0.29, 0.717) is 11.8 Å². The molecule has 0 radical (unpaired) electrons. The lowest BCUT2D eigenvalue weighted by molar-refractivity contribution is -0.110. The van der Waals surface area contributed by atoms with Crippen molar-refractivity contribution in [1.29, 1.82) is 0 Å². The number of benzene rings is 1.